The first-order valence-electron chi connectivity index (χ1n) is 5.32. The van der Waals surface area contributed by atoms with Gasteiger partial charge in [-0.15, -0.1) is 0 Å². The minimum Gasteiger partial charge on any atom is -0.384 e. The molecule has 1 heterocycles. The quantitative estimate of drug-likeness (QED) is 0.812. The molecule has 0 aliphatic carbocycles. The van der Waals surface area contributed by atoms with E-state index in [0.717, 1.165) is 21.4 Å². The van der Waals surface area contributed by atoms with Gasteiger partial charge >= 0.3 is 0 Å². The minimum atomic E-state index is -0.738. The van der Waals surface area contributed by atoms with Crippen LogP contribution in [0.3, 0.4) is 0 Å². The summed E-state index contributed by atoms with van der Waals surface area (Å²) < 4.78 is 1.02. The van der Waals surface area contributed by atoms with Crippen molar-refractivity contribution in [2.45, 2.75) is 13.0 Å². The SMILES string of the molecule is Cc1[nH]c(C(O)CN)nc1-c1ccc(Br)cc1. The third kappa shape index (κ3) is 2.57. The molecule has 2 aromatic rings. The summed E-state index contributed by atoms with van der Waals surface area (Å²) >= 11 is 3.39. The zero-order chi connectivity index (χ0) is 12.4. The molecule has 1 aromatic carbocycles. The number of nitrogens with one attached hydrogen (secondary N) is 1. The molecule has 0 amide bonds. The molecule has 0 spiro atoms. The summed E-state index contributed by atoms with van der Waals surface area (Å²) in [5, 5.41) is 9.63. The molecule has 1 atom stereocenters. The van der Waals surface area contributed by atoms with E-state index >= 15 is 0 Å². The van der Waals surface area contributed by atoms with Crippen molar-refractivity contribution in [3.05, 3.63) is 40.3 Å². The van der Waals surface area contributed by atoms with Crippen LogP contribution in [0.15, 0.2) is 28.7 Å². The van der Waals surface area contributed by atoms with Gasteiger partial charge in [-0.1, -0.05) is 28.1 Å². The van der Waals surface area contributed by atoms with Gasteiger partial charge in [-0.05, 0) is 19.1 Å². The number of aryl methyl sites for hydroxylation is 1. The lowest BCUT2D eigenvalue weighted by Crippen LogP contribution is -2.12. The van der Waals surface area contributed by atoms with Crippen molar-refractivity contribution in [1.82, 2.24) is 9.97 Å². The Morgan fingerprint density at radius 2 is 2.06 bits per heavy atom. The zero-order valence-corrected chi connectivity index (χ0v) is 11.0. The van der Waals surface area contributed by atoms with E-state index in [4.69, 9.17) is 5.73 Å². The van der Waals surface area contributed by atoms with E-state index in [0.29, 0.717) is 5.82 Å². The summed E-state index contributed by atoms with van der Waals surface area (Å²) in [7, 11) is 0. The van der Waals surface area contributed by atoms with Crippen LogP contribution in [0.1, 0.15) is 17.6 Å². The molecule has 1 aromatic heterocycles. The molecular formula is C12H14BrN3O. The molecule has 0 radical (unpaired) electrons. The lowest BCUT2D eigenvalue weighted by molar-refractivity contribution is 0.177. The Morgan fingerprint density at radius 1 is 1.41 bits per heavy atom. The van der Waals surface area contributed by atoms with Gasteiger partial charge in [-0.25, -0.2) is 4.98 Å². The van der Waals surface area contributed by atoms with Gasteiger partial charge in [0.2, 0.25) is 0 Å². The number of aromatic amines is 1. The van der Waals surface area contributed by atoms with E-state index in [1.165, 1.54) is 0 Å². The summed E-state index contributed by atoms with van der Waals surface area (Å²) in [5.41, 5.74) is 8.19. The van der Waals surface area contributed by atoms with Crippen LogP contribution in [0.4, 0.5) is 0 Å². The van der Waals surface area contributed by atoms with Crippen LogP contribution in [0.5, 0.6) is 0 Å². The molecule has 2 rings (SSSR count). The average Bonchev–Trinajstić information content (AvgIpc) is 2.71. The maximum absolute atomic E-state index is 9.63. The van der Waals surface area contributed by atoms with E-state index in [2.05, 4.69) is 25.9 Å². The van der Waals surface area contributed by atoms with Crippen LogP contribution < -0.4 is 5.73 Å². The van der Waals surface area contributed by atoms with Crippen LogP contribution in [-0.2, 0) is 0 Å². The van der Waals surface area contributed by atoms with Gasteiger partial charge in [0.1, 0.15) is 11.9 Å². The molecule has 90 valence electrons. The number of halogens is 1. The number of nitrogens with zero attached hydrogens (tertiary/aromatic N) is 1. The number of rotatable bonds is 3. The third-order valence-electron chi connectivity index (χ3n) is 2.56. The second-order valence-corrected chi connectivity index (χ2v) is 4.77. The second-order valence-electron chi connectivity index (χ2n) is 3.85. The summed E-state index contributed by atoms with van der Waals surface area (Å²) in [6.45, 7) is 2.09. The van der Waals surface area contributed by atoms with Crippen molar-refractivity contribution in [3.63, 3.8) is 0 Å². The van der Waals surface area contributed by atoms with Crippen LogP contribution in [-0.4, -0.2) is 21.6 Å². The lowest BCUT2D eigenvalue weighted by atomic mass is 10.1. The van der Waals surface area contributed by atoms with Gasteiger partial charge in [-0.3, -0.25) is 0 Å². The van der Waals surface area contributed by atoms with E-state index in [-0.39, 0.29) is 6.54 Å². The highest BCUT2D eigenvalue weighted by Gasteiger charge is 2.13. The van der Waals surface area contributed by atoms with Gasteiger partial charge in [0.15, 0.2) is 0 Å². The van der Waals surface area contributed by atoms with Gasteiger partial charge in [-0.2, -0.15) is 0 Å². The number of benzene rings is 1. The van der Waals surface area contributed by atoms with Crippen molar-refractivity contribution in [2.75, 3.05) is 6.54 Å². The van der Waals surface area contributed by atoms with E-state index in [1.54, 1.807) is 0 Å². The van der Waals surface area contributed by atoms with Crippen molar-refractivity contribution in [3.8, 4) is 11.3 Å². The smallest absolute Gasteiger partial charge is 0.137 e. The number of imidazole rings is 1. The molecule has 0 aliphatic rings. The van der Waals surface area contributed by atoms with Crippen LogP contribution in [0.2, 0.25) is 0 Å². The predicted octanol–water partition coefficient (Wildman–Crippen LogP) is 2.14. The highest BCUT2D eigenvalue weighted by atomic mass is 79.9. The number of aliphatic hydroxyl groups excluding tert-OH is 1. The highest BCUT2D eigenvalue weighted by Crippen LogP contribution is 2.24. The Balaban J connectivity index is 2.39. The van der Waals surface area contributed by atoms with Crippen LogP contribution in [0, 0.1) is 6.92 Å². The lowest BCUT2D eigenvalue weighted by Gasteiger charge is -2.01. The van der Waals surface area contributed by atoms with Gasteiger partial charge in [0, 0.05) is 22.3 Å². The fourth-order valence-corrected chi connectivity index (χ4v) is 1.91. The number of nitrogens with two attached hydrogens (primary N) is 1. The first kappa shape index (κ1) is 12.3. The Bertz CT molecular complexity index is 507. The summed E-state index contributed by atoms with van der Waals surface area (Å²) in [5.74, 6) is 0.517. The van der Waals surface area contributed by atoms with Crippen molar-refractivity contribution < 1.29 is 5.11 Å². The minimum absolute atomic E-state index is 0.159. The summed E-state index contributed by atoms with van der Waals surface area (Å²) in [6.07, 6.45) is -0.738. The molecule has 0 bridgehead atoms. The van der Waals surface area contributed by atoms with Gasteiger partial charge < -0.3 is 15.8 Å². The van der Waals surface area contributed by atoms with E-state index in [1.807, 2.05) is 31.2 Å². The highest BCUT2D eigenvalue weighted by molar-refractivity contribution is 9.10. The number of hydrogen-bond acceptors (Lipinski definition) is 3. The first-order chi connectivity index (χ1) is 8.11. The summed E-state index contributed by atoms with van der Waals surface area (Å²) in [6, 6.07) is 7.88. The Kier molecular flexibility index (Phi) is 3.61. The van der Waals surface area contributed by atoms with Crippen molar-refractivity contribution in [1.29, 1.82) is 0 Å². The molecule has 0 saturated heterocycles. The first-order valence-corrected chi connectivity index (χ1v) is 6.11. The zero-order valence-electron chi connectivity index (χ0n) is 9.44. The molecule has 0 saturated carbocycles. The predicted molar refractivity (Wildman–Crippen MR) is 70.5 cm³/mol. The largest absolute Gasteiger partial charge is 0.384 e. The molecule has 17 heavy (non-hydrogen) atoms. The van der Waals surface area contributed by atoms with Gasteiger partial charge in [0.05, 0.1) is 5.69 Å². The number of aromatic nitrogens is 2. The Labute approximate surface area is 108 Å². The molecule has 4 nitrogen and oxygen atoms in total. The number of aliphatic hydroxyl groups is 1. The Hall–Kier alpha value is -1.17. The fourth-order valence-electron chi connectivity index (χ4n) is 1.64. The number of H-pyrrole nitrogens is 1. The molecular weight excluding hydrogens is 282 g/mol. The molecule has 5 heteroatoms. The average molecular weight is 296 g/mol. The maximum atomic E-state index is 9.63. The molecule has 1 unspecified atom stereocenters. The standard InChI is InChI=1S/C12H14BrN3O/c1-7-11(8-2-4-9(13)5-3-8)16-12(15-7)10(17)6-14/h2-5,10,17H,6,14H2,1H3,(H,15,16). The van der Waals surface area contributed by atoms with Crippen molar-refractivity contribution >= 4 is 15.9 Å². The molecule has 0 fully saturated rings. The molecule has 0 aliphatic heterocycles. The summed E-state index contributed by atoms with van der Waals surface area (Å²) in [4.78, 5) is 7.44. The second kappa shape index (κ2) is 5.00. The third-order valence-corrected chi connectivity index (χ3v) is 3.09. The maximum Gasteiger partial charge on any atom is 0.137 e. The number of hydrogen-bond donors (Lipinski definition) is 3. The fraction of sp³-hybridized carbons (Fsp3) is 0.250. The molecule has 4 N–H and O–H groups in total. The van der Waals surface area contributed by atoms with E-state index in [9.17, 15) is 5.11 Å². The van der Waals surface area contributed by atoms with E-state index < -0.39 is 6.10 Å². The van der Waals surface area contributed by atoms with Crippen molar-refractivity contribution in [2.24, 2.45) is 5.73 Å². The van der Waals surface area contributed by atoms with Crippen LogP contribution in [0.25, 0.3) is 11.3 Å². The van der Waals surface area contributed by atoms with Crippen LogP contribution >= 0.6 is 15.9 Å². The monoisotopic (exact) mass is 295 g/mol. The Morgan fingerprint density at radius 3 is 2.65 bits per heavy atom. The normalized spacial score (nSPS) is 12.7. The topological polar surface area (TPSA) is 74.9 Å². The van der Waals surface area contributed by atoms with Gasteiger partial charge in [0.25, 0.3) is 0 Å².